The van der Waals surface area contributed by atoms with Crippen LogP contribution in [-0.4, -0.2) is 47.8 Å². The standard InChI is InChI=1S/C16H22ClNO3/c1-16(9-19,10-20)8-18(2)15(21)13-7-12(13)11-5-3-4-6-14(11)17/h3-6,12-13,19-20H,7-10H2,1-2H3. The van der Waals surface area contributed by atoms with E-state index in [1.54, 1.807) is 18.9 Å². The molecule has 2 atom stereocenters. The fraction of sp³-hybridized carbons (Fsp3) is 0.562. The molecule has 1 aromatic carbocycles. The number of aliphatic hydroxyl groups is 2. The Balaban J connectivity index is 1.98. The number of halogens is 1. The minimum absolute atomic E-state index is 0.0449. The fourth-order valence-electron chi connectivity index (χ4n) is 2.67. The Morgan fingerprint density at radius 3 is 2.57 bits per heavy atom. The van der Waals surface area contributed by atoms with Gasteiger partial charge in [0.25, 0.3) is 0 Å². The molecule has 0 heterocycles. The molecular weight excluding hydrogens is 290 g/mol. The van der Waals surface area contributed by atoms with Crippen molar-refractivity contribution in [3.05, 3.63) is 34.9 Å². The quantitative estimate of drug-likeness (QED) is 0.843. The lowest BCUT2D eigenvalue weighted by Crippen LogP contribution is -2.42. The summed E-state index contributed by atoms with van der Waals surface area (Å²) in [4.78, 5) is 14.0. The van der Waals surface area contributed by atoms with E-state index in [0.717, 1.165) is 12.0 Å². The van der Waals surface area contributed by atoms with Crippen LogP contribution in [0.4, 0.5) is 0 Å². The van der Waals surface area contributed by atoms with Gasteiger partial charge in [-0.25, -0.2) is 0 Å². The molecule has 1 amide bonds. The van der Waals surface area contributed by atoms with E-state index in [4.69, 9.17) is 11.6 Å². The lowest BCUT2D eigenvalue weighted by Gasteiger charge is -2.30. The molecule has 0 radical (unpaired) electrons. The number of rotatable bonds is 6. The number of benzene rings is 1. The third kappa shape index (κ3) is 3.57. The van der Waals surface area contributed by atoms with Crippen molar-refractivity contribution in [2.24, 2.45) is 11.3 Å². The molecule has 1 saturated carbocycles. The second-order valence-electron chi connectivity index (χ2n) is 6.29. The van der Waals surface area contributed by atoms with Crippen LogP contribution in [0.15, 0.2) is 24.3 Å². The first kappa shape index (κ1) is 16.3. The van der Waals surface area contributed by atoms with Gasteiger partial charge < -0.3 is 15.1 Å². The maximum Gasteiger partial charge on any atom is 0.226 e. The van der Waals surface area contributed by atoms with E-state index in [1.165, 1.54) is 0 Å². The number of hydrogen-bond acceptors (Lipinski definition) is 3. The number of nitrogens with zero attached hydrogens (tertiary/aromatic N) is 1. The van der Waals surface area contributed by atoms with E-state index < -0.39 is 5.41 Å². The summed E-state index contributed by atoms with van der Waals surface area (Å²) in [7, 11) is 1.72. The molecule has 2 unspecified atom stereocenters. The van der Waals surface area contributed by atoms with E-state index in [9.17, 15) is 15.0 Å². The molecule has 0 aromatic heterocycles. The number of aliphatic hydroxyl groups excluding tert-OH is 2. The van der Waals surface area contributed by atoms with Crippen molar-refractivity contribution in [2.45, 2.75) is 19.3 Å². The van der Waals surface area contributed by atoms with Crippen LogP contribution >= 0.6 is 11.6 Å². The highest BCUT2D eigenvalue weighted by Crippen LogP contribution is 2.50. The average Bonchev–Trinajstić information content (AvgIpc) is 3.27. The first-order chi connectivity index (χ1) is 9.91. The van der Waals surface area contributed by atoms with Crippen LogP contribution < -0.4 is 0 Å². The summed E-state index contributed by atoms with van der Waals surface area (Å²) in [6, 6.07) is 7.62. The van der Waals surface area contributed by atoms with Crippen molar-refractivity contribution in [1.82, 2.24) is 4.90 Å². The van der Waals surface area contributed by atoms with Crippen LogP contribution in [-0.2, 0) is 4.79 Å². The molecule has 2 N–H and O–H groups in total. The molecule has 1 aliphatic rings. The van der Waals surface area contributed by atoms with Crippen molar-refractivity contribution in [3.8, 4) is 0 Å². The summed E-state index contributed by atoms with van der Waals surface area (Å²) >= 11 is 6.17. The predicted octanol–water partition coefficient (Wildman–Crippen LogP) is 1.89. The Morgan fingerprint density at radius 2 is 2.00 bits per heavy atom. The first-order valence-electron chi connectivity index (χ1n) is 7.13. The lowest BCUT2D eigenvalue weighted by atomic mass is 9.92. The Labute approximate surface area is 130 Å². The predicted molar refractivity (Wildman–Crippen MR) is 82.2 cm³/mol. The van der Waals surface area contributed by atoms with Crippen LogP contribution in [0.2, 0.25) is 5.02 Å². The van der Waals surface area contributed by atoms with Crippen LogP contribution in [0, 0.1) is 11.3 Å². The third-order valence-electron chi connectivity index (χ3n) is 4.17. The molecule has 1 aromatic rings. The largest absolute Gasteiger partial charge is 0.396 e. The fourth-order valence-corrected chi connectivity index (χ4v) is 2.95. The van der Waals surface area contributed by atoms with Crippen molar-refractivity contribution < 1.29 is 15.0 Å². The molecule has 4 nitrogen and oxygen atoms in total. The van der Waals surface area contributed by atoms with Crippen molar-refractivity contribution in [1.29, 1.82) is 0 Å². The molecule has 116 valence electrons. The maximum absolute atomic E-state index is 12.4. The molecule has 1 fully saturated rings. The number of hydrogen-bond donors (Lipinski definition) is 2. The lowest BCUT2D eigenvalue weighted by molar-refractivity contribution is -0.133. The topological polar surface area (TPSA) is 60.8 Å². The van der Waals surface area contributed by atoms with Gasteiger partial charge >= 0.3 is 0 Å². The van der Waals surface area contributed by atoms with Gasteiger partial charge in [-0.2, -0.15) is 0 Å². The highest BCUT2D eigenvalue weighted by Gasteiger charge is 2.46. The molecule has 0 saturated heterocycles. The molecule has 0 aliphatic heterocycles. The van der Waals surface area contributed by atoms with Gasteiger partial charge in [-0.15, -0.1) is 0 Å². The van der Waals surface area contributed by atoms with Crippen LogP contribution in [0.5, 0.6) is 0 Å². The molecule has 2 rings (SSSR count). The summed E-state index contributed by atoms with van der Waals surface area (Å²) in [6.45, 7) is 1.79. The number of amides is 1. The van der Waals surface area contributed by atoms with Gasteiger partial charge in [0.15, 0.2) is 0 Å². The van der Waals surface area contributed by atoms with E-state index in [2.05, 4.69) is 0 Å². The number of carbonyl (C=O) groups excluding carboxylic acids is 1. The summed E-state index contributed by atoms with van der Waals surface area (Å²) in [6.07, 6.45) is 0.807. The molecular formula is C16H22ClNO3. The molecule has 0 spiro atoms. The van der Waals surface area contributed by atoms with Gasteiger partial charge in [-0.05, 0) is 24.0 Å². The van der Waals surface area contributed by atoms with Gasteiger partial charge in [0.1, 0.15) is 0 Å². The maximum atomic E-state index is 12.4. The SMILES string of the molecule is CN(CC(C)(CO)CO)C(=O)C1CC1c1ccccc1Cl. The van der Waals surface area contributed by atoms with Crippen molar-refractivity contribution >= 4 is 17.5 Å². The van der Waals surface area contributed by atoms with Crippen molar-refractivity contribution in [3.63, 3.8) is 0 Å². The summed E-state index contributed by atoms with van der Waals surface area (Å²) in [5, 5.41) is 19.3. The summed E-state index contributed by atoms with van der Waals surface area (Å²) in [5.74, 6) is 0.188. The highest BCUT2D eigenvalue weighted by atomic mass is 35.5. The van der Waals surface area contributed by atoms with Gasteiger partial charge in [-0.1, -0.05) is 36.7 Å². The monoisotopic (exact) mass is 311 g/mol. The van der Waals surface area contributed by atoms with E-state index in [1.807, 2.05) is 24.3 Å². The summed E-state index contributed by atoms with van der Waals surface area (Å²) in [5.41, 5.74) is 0.358. The zero-order chi connectivity index (χ0) is 15.6. The molecule has 5 heteroatoms. The van der Waals surface area contributed by atoms with Gasteiger partial charge in [0.05, 0.1) is 13.2 Å². The summed E-state index contributed by atoms with van der Waals surface area (Å²) < 4.78 is 0. The highest BCUT2D eigenvalue weighted by molar-refractivity contribution is 6.31. The van der Waals surface area contributed by atoms with Gasteiger partial charge in [0.2, 0.25) is 5.91 Å². The normalized spacial score (nSPS) is 21.2. The smallest absolute Gasteiger partial charge is 0.226 e. The van der Waals surface area contributed by atoms with Gasteiger partial charge in [0, 0.05) is 29.9 Å². The van der Waals surface area contributed by atoms with Gasteiger partial charge in [-0.3, -0.25) is 4.79 Å². The minimum Gasteiger partial charge on any atom is -0.396 e. The molecule has 21 heavy (non-hydrogen) atoms. The van der Waals surface area contributed by atoms with E-state index >= 15 is 0 Å². The first-order valence-corrected chi connectivity index (χ1v) is 7.51. The van der Waals surface area contributed by atoms with E-state index in [0.29, 0.717) is 11.6 Å². The zero-order valence-electron chi connectivity index (χ0n) is 12.4. The van der Waals surface area contributed by atoms with Crippen LogP contribution in [0.1, 0.15) is 24.8 Å². The average molecular weight is 312 g/mol. The third-order valence-corrected chi connectivity index (χ3v) is 4.52. The molecule has 1 aliphatic carbocycles. The van der Waals surface area contributed by atoms with E-state index in [-0.39, 0.29) is 31.0 Å². The number of carbonyl (C=O) groups is 1. The van der Waals surface area contributed by atoms with Crippen molar-refractivity contribution in [2.75, 3.05) is 26.8 Å². The Bertz CT molecular complexity index is 516. The zero-order valence-corrected chi connectivity index (χ0v) is 13.2. The second kappa shape index (κ2) is 6.34. The molecule has 0 bridgehead atoms. The minimum atomic E-state index is -0.667. The Hall–Kier alpha value is -1.10. The second-order valence-corrected chi connectivity index (χ2v) is 6.70. The van der Waals surface area contributed by atoms with Crippen LogP contribution in [0.3, 0.4) is 0 Å². The van der Waals surface area contributed by atoms with Crippen LogP contribution in [0.25, 0.3) is 0 Å². The Kier molecular flexibility index (Phi) is 4.91. The Morgan fingerprint density at radius 1 is 1.38 bits per heavy atom.